The van der Waals surface area contributed by atoms with E-state index in [2.05, 4.69) is 5.32 Å². The Morgan fingerprint density at radius 2 is 2.03 bits per heavy atom. The zero-order valence-corrected chi connectivity index (χ0v) is 17.1. The summed E-state index contributed by atoms with van der Waals surface area (Å²) in [6.45, 7) is 3.66. The van der Waals surface area contributed by atoms with Crippen LogP contribution in [0.1, 0.15) is 35.7 Å². The number of benzene rings is 2. The molecule has 0 saturated carbocycles. The fourth-order valence-electron chi connectivity index (χ4n) is 3.23. The molecule has 1 saturated heterocycles. The first kappa shape index (κ1) is 21.8. The number of hydrogen-bond acceptors (Lipinski definition) is 4. The van der Waals surface area contributed by atoms with Crippen LogP contribution in [0.3, 0.4) is 0 Å². The molecule has 0 radical (unpaired) electrons. The average Bonchev–Trinajstić information content (AvgIpc) is 3.29. The van der Waals surface area contributed by atoms with Crippen molar-refractivity contribution < 1.29 is 23.5 Å². The molecule has 1 aliphatic rings. The highest BCUT2D eigenvalue weighted by molar-refractivity contribution is 5.96. The van der Waals surface area contributed by atoms with Crippen LogP contribution in [-0.2, 0) is 16.1 Å². The molecule has 2 amide bonds. The van der Waals surface area contributed by atoms with Crippen LogP contribution in [0, 0.1) is 5.82 Å². The van der Waals surface area contributed by atoms with Gasteiger partial charge in [-0.25, -0.2) is 4.39 Å². The number of carbonyl (C=O) groups is 2. The number of halogens is 1. The molecule has 0 aromatic heterocycles. The number of rotatable bonds is 9. The van der Waals surface area contributed by atoms with Crippen LogP contribution in [-0.4, -0.2) is 49.1 Å². The Balaban J connectivity index is 1.53. The first-order valence-electron chi connectivity index (χ1n) is 10.2. The third-order valence-electron chi connectivity index (χ3n) is 4.95. The predicted molar refractivity (Wildman–Crippen MR) is 111 cm³/mol. The molecule has 0 bridgehead atoms. The van der Waals surface area contributed by atoms with Crippen LogP contribution < -0.4 is 10.1 Å². The molecule has 7 heteroatoms. The Labute approximate surface area is 176 Å². The van der Waals surface area contributed by atoms with E-state index in [4.69, 9.17) is 9.47 Å². The van der Waals surface area contributed by atoms with Crippen molar-refractivity contribution in [3.63, 3.8) is 0 Å². The number of nitrogens with one attached hydrogen (secondary N) is 1. The molecule has 0 spiro atoms. The van der Waals surface area contributed by atoms with Crippen molar-refractivity contribution in [2.75, 3.05) is 26.3 Å². The highest BCUT2D eigenvalue weighted by Crippen LogP contribution is 2.18. The average molecular weight is 414 g/mol. The zero-order chi connectivity index (χ0) is 21.3. The Hall–Kier alpha value is -2.93. The van der Waals surface area contributed by atoms with Crippen LogP contribution in [0.4, 0.5) is 4.39 Å². The van der Waals surface area contributed by atoms with E-state index in [1.54, 1.807) is 36.4 Å². The van der Waals surface area contributed by atoms with Crippen LogP contribution in [0.2, 0.25) is 0 Å². The SMILES string of the molecule is CCN(CC(=O)NCc1ccc(F)cc1)C(=O)c1cccc(OCC2CCCO2)c1. The van der Waals surface area contributed by atoms with Crippen molar-refractivity contribution in [1.82, 2.24) is 10.2 Å². The van der Waals surface area contributed by atoms with E-state index in [1.165, 1.54) is 17.0 Å². The summed E-state index contributed by atoms with van der Waals surface area (Å²) in [6.07, 6.45) is 2.12. The van der Waals surface area contributed by atoms with Crippen LogP contribution in [0.15, 0.2) is 48.5 Å². The maximum Gasteiger partial charge on any atom is 0.254 e. The van der Waals surface area contributed by atoms with Gasteiger partial charge < -0.3 is 19.7 Å². The summed E-state index contributed by atoms with van der Waals surface area (Å²) in [5.74, 6) is -0.236. The lowest BCUT2D eigenvalue weighted by molar-refractivity contribution is -0.121. The van der Waals surface area contributed by atoms with E-state index in [9.17, 15) is 14.0 Å². The standard InChI is InChI=1S/C23H27FN2O4/c1-2-26(15-22(27)25-14-17-8-10-19(24)11-9-17)23(28)18-5-3-6-20(13-18)30-16-21-7-4-12-29-21/h3,5-6,8-11,13,21H,2,4,7,12,14-16H2,1H3,(H,25,27). The van der Waals surface area contributed by atoms with Gasteiger partial charge in [0, 0.05) is 25.3 Å². The van der Waals surface area contributed by atoms with Gasteiger partial charge in [-0.1, -0.05) is 18.2 Å². The summed E-state index contributed by atoms with van der Waals surface area (Å²) in [4.78, 5) is 26.6. The van der Waals surface area contributed by atoms with Crippen molar-refractivity contribution in [1.29, 1.82) is 0 Å². The second-order valence-corrected chi connectivity index (χ2v) is 7.20. The van der Waals surface area contributed by atoms with Crippen molar-refractivity contribution in [3.05, 3.63) is 65.5 Å². The zero-order valence-electron chi connectivity index (χ0n) is 17.1. The van der Waals surface area contributed by atoms with Gasteiger partial charge in [0.15, 0.2) is 0 Å². The Kier molecular flexibility index (Phi) is 7.79. The molecule has 1 fully saturated rings. The van der Waals surface area contributed by atoms with E-state index in [0.29, 0.717) is 24.5 Å². The number of nitrogens with zero attached hydrogens (tertiary/aromatic N) is 1. The minimum Gasteiger partial charge on any atom is -0.491 e. The summed E-state index contributed by atoms with van der Waals surface area (Å²) in [5, 5.41) is 2.76. The third kappa shape index (κ3) is 6.29. The van der Waals surface area contributed by atoms with Gasteiger partial charge in [-0.15, -0.1) is 0 Å². The molecule has 2 aromatic carbocycles. The molecule has 0 aliphatic carbocycles. The van der Waals surface area contributed by atoms with E-state index < -0.39 is 0 Å². The largest absolute Gasteiger partial charge is 0.491 e. The van der Waals surface area contributed by atoms with Crippen LogP contribution >= 0.6 is 0 Å². The van der Waals surface area contributed by atoms with Crippen LogP contribution in [0.5, 0.6) is 5.75 Å². The van der Waals surface area contributed by atoms with Gasteiger partial charge in [0.05, 0.1) is 12.6 Å². The van der Waals surface area contributed by atoms with Gasteiger partial charge in [0.2, 0.25) is 5.91 Å². The molecular formula is C23H27FN2O4. The molecule has 1 heterocycles. The maximum atomic E-state index is 13.0. The van der Waals surface area contributed by atoms with Gasteiger partial charge in [0.1, 0.15) is 18.2 Å². The molecule has 3 rings (SSSR count). The summed E-state index contributed by atoms with van der Waals surface area (Å²) < 4.78 is 24.3. The first-order chi connectivity index (χ1) is 14.5. The molecule has 1 atom stereocenters. The summed E-state index contributed by atoms with van der Waals surface area (Å²) in [6, 6.07) is 12.9. The number of ether oxygens (including phenoxy) is 2. The fourth-order valence-corrected chi connectivity index (χ4v) is 3.23. The van der Waals surface area contributed by atoms with Gasteiger partial charge >= 0.3 is 0 Å². The molecule has 160 valence electrons. The monoisotopic (exact) mass is 414 g/mol. The van der Waals surface area contributed by atoms with E-state index in [-0.39, 0.29) is 36.8 Å². The Morgan fingerprint density at radius 3 is 2.73 bits per heavy atom. The van der Waals surface area contributed by atoms with Gasteiger partial charge in [-0.05, 0) is 55.7 Å². The van der Waals surface area contributed by atoms with Crippen molar-refractivity contribution in [3.8, 4) is 5.75 Å². The minimum absolute atomic E-state index is 0.0580. The fraction of sp³-hybridized carbons (Fsp3) is 0.391. The number of carbonyl (C=O) groups excluding carboxylic acids is 2. The number of hydrogen-bond donors (Lipinski definition) is 1. The number of likely N-dealkylation sites (N-methyl/N-ethyl adjacent to an activating group) is 1. The summed E-state index contributed by atoms with van der Waals surface area (Å²) >= 11 is 0. The number of amides is 2. The highest BCUT2D eigenvalue weighted by atomic mass is 19.1. The predicted octanol–water partition coefficient (Wildman–Crippen LogP) is 3.16. The van der Waals surface area contributed by atoms with E-state index in [1.807, 2.05) is 6.92 Å². The Bertz CT molecular complexity index is 851. The highest BCUT2D eigenvalue weighted by Gasteiger charge is 2.19. The summed E-state index contributed by atoms with van der Waals surface area (Å²) in [7, 11) is 0. The Morgan fingerprint density at radius 1 is 1.23 bits per heavy atom. The first-order valence-corrected chi connectivity index (χ1v) is 10.2. The van der Waals surface area contributed by atoms with Crippen molar-refractivity contribution in [2.45, 2.75) is 32.4 Å². The van der Waals surface area contributed by atoms with Gasteiger partial charge in [-0.3, -0.25) is 9.59 Å². The lowest BCUT2D eigenvalue weighted by Gasteiger charge is -2.21. The van der Waals surface area contributed by atoms with E-state index in [0.717, 1.165) is 25.0 Å². The van der Waals surface area contributed by atoms with Crippen molar-refractivity contribution in [2.24, 2.45) is 0 Å². The van der Waals surface area contributed by atoms with Crippen LogP contribution in [0.25, 0.3) is 0 Å². The molecule has 6 nitrogen and oxygen atoms in total. The normalized spacial score (nSPS) is 15.6. The lowest BCUT2D eigenvalue weighted by Crippen LogP contribution is -2.40. The van der Waals surface area contributed by atoms with Gasteiger partial charge in [-0.2, -0.15) is 0 Å². The van der Waals surface area contributed by atoms with E-state index >= 15 is 0 Å². The summed E-state index contributed by atoms with van der Waals surface area (Å²) in [5.41, 5.74) is 1.25. The molecule has 1 N–H and O–H groups in total. The van der Waals surface area contributed by atoms with Crippen molar-refractivity contribution >= 4 is 11.8 Å². The molecule has 30 heavy (non-hydrogen) atoms. The van der Waals surface area contributed by atoms with Gasteiger partial charge in [0.25, 0.3) is 5.91 Å². The second kappa shape index (κ2) is 10.7. The topological polar surface area (TPSA) is 67.9 Å². The molecular weight excluding hydrogens is 387 g/mol. The molecule has 2 aromatic rings. The lowest BCUT2D eigenvalue weighted by atomic mass is 10.2. The quantitative estimate of drug-likeness (QED) is 0.685. The third-order valence-corrected chi connectivity index (χ3v) is 4.95. The smallest absolute Gasteiger partial charge is 0.254 e. The molecule has 1 unspecified atom stereocenters. The minimum atomic E-state index is -0.324. The maximum absolute atomic E-state index is 13.0. The second-order valence-electron chi connectivity index (χ2n) is 7.20. The molecule has 1 aliphatic heterocycles.